The molecular formula is C44H37NS2. The molecule has 3 aromatic heterocycles. The highest BCUT2D eigenvalue weighted by Gasteiger charge is 2.16. The smallest absolute Gasteiger partial charge is 0.0465 e. The zero-order valence-corrected chi connectivity index (χ0v) is 28.6. The average molecular weight is 644 g/mol. The van der Waals surface area contributed by atoms with Crippen molar-refractivity contribution in [3.8, 4) is 22.3 Å². The van der Waals surface area contributed by atoms with Gasteiger partial charge in [0.05, 0.1) is 0 Å². The molecule has 0 fully saturated rings. The van der Waals surface area contributed by atoms with E-state index in [2.05, 4.69) is 128 Å². The van der Waals surface area contributed by atoms with Crippen LogP contribution in [0.15, 0.2) is 109 Å². The number of benzene rings is 6. The van der Waals surface area contributed by atoms with Crippen LogP contribution in [0.2, 0.25) is 0 Å². The van der Waals surface area contributed by atoms with Gasteiger partial charge in [-0.1, -0.05) is 112 Å². The van der Waals surface area contributed by atoms with Gasteiger partial charge in [-0.2, -0.15) is 0 Å². The second-order valence-corrected chi connectivity index (χ2v) is 15.1. The van der Waals surface area contributed by atoms with Gasteiger partial charge in [-0.05, 0) is 83.3 Å². The van der Waals surface area contributed by atoms with Gasteiger partial charge in [0.15, 0.2) is 0 Å². The molecule has 9 aromatic rings. The van der Waals surface area contributed by atoms with Crippen molar-refractivity contribution in [1.82, 2.24) is 4.98 Å². The van der Waals surface area contributed by atoms with E-state index in [0.717, 1.165) is 12.8 Å². The summed E-state index contributed by atoms with van der Waals surface area (Å²) in [6.07, 6.45) is 7.20. The van der Waals surface area contributed by atoms with Crippen molar-refractivity contribution in [2.45, 2.75) is 52.4 Å². The molecule has 0 aliphatic heterocycles. The van der Waals surface area contributed by atoms with E-state index in [1.165, 1.54) is 121 Å². The third-order valence-corrected chi connectivity index (χ3v) is 12.7. The molecule has 1 N–H and O–H groups in total. The first-order valence-corrected chi connectivity index (χ1v) is 18.8. The summed E-state index contributed by atoms with van der Waals surface area (Å²) in [6, 6.07) is 41.4. The Hall–Kier alpha value is -4.44. The number of hydrogen-bond donors (Lipinski definition) is 1. The molecule has 0 bridgehead atoms. The van der Waals surface area contributed by atoms with Crippen LogP contribution in [-0.2, 0) is 12.8 Å². The minimum absolute atomic E-state index is 1.15. The van der Waals surface area contributed by atoms with Crippen molar-refractivity contribution in [1.29, 1.82) is 0 Å². The number of H-pyrrole nitrogens is 1. The van der Waals surface area contributed by atoms with E-state index in [-0.39, 0.29) is 0 Å². The Labute approximate surface area is 283 Å². The maximum Gasteiger partial charge on any atom is 0.0465 e. The molecule has 0 saturated carbocycles. The third kappa shape index (κ3) is 4.71. The lowest BCUT2D eigenvalue weighted by Gasteiger charge is -2.06. The fourth-order valence-corrected chi connectivity index (χ4v) is 10.3. The number of rotatable bonds is 8. The summed E-state index contributed by atoms with van der Waals surface area (Å²) in [7, 11) is 0. The fraction of sp³-hybridized carbons (Fsp3) is 0.182. The maximum absolute atomic E-state index is 3.71. The Balaban J connectivity index is 1.19. The number of fused-ring (bicyclic) bond motifs is 9. The Morgan fingerprint density at radius 2 is 0.872 bits per heavy atom. The minimum atomic E-state index is 1.15. The van der Waals surface area contributed by atoms with Crippen LogP contribution in [0.1, 0.15) is 50.7 Å². The molecule has 47 heavy (non-hydrogen) atoms. The first-order valence-electron chi connectivity index (χ1n) is 17.1. The number of hydrogen-bond acceptors (Lipinski definition) is 2. The molecule has 0 unspecified atom stereocenters. The number of aryl methyl sites for hydroxylation is 2. The average Bonchev–Trinajstić information content (AvgIpc) is 3.81. The molecule has 9 rings (SSSR count). The van der Waals surface area contributed by atoms with E-state index in [9.17, 15) is 0 Å². The monoisotopic (exact) mass is 643 g/mol. The number of nitrogens with one attached hydrogen (secondary N) is 1. The Morgan fingerprint density at radius 3 is 1.32 bits per heavy atom. The Kier molecular flexibility index (Phi) is 7.14. The van der Waals surface area contributed by atoms with Crippen molar-refractivity contribution in [3.63, 3.8) is 0 Å². The van der Waals surface area contributed by atoms with Gasteiger partial charge >= 0.3 is 0 Å². The van der Waals surface area contributed by atoms with E-state index in [1.54, 1.807) is 0 Å². The maximum atomic E-state index is 3.71. The standard InChI is InChI=1S/C44H37NS2/c1-3-5-11-27-13-7-17-33-35-19-9-15-31(43(35)46-41(27)33)29-21-23-39-37(25-29)38-26-30(22-24-40(38)45-39)32-16-10-20-36-34-18-8-14-28(12-6-4-2)42(34)47-44(32)36/h7-10,13-26,45H,3-6,11-12H2,1-2H3. The van der Waals surface area contributed by atoms with E-state index in [1.807, 2.05) is 22.7 Å². The summed E-state index contributed by atoms with van der Waals surface area (Å²) in [5, 5.41) is 8.10. The van der Waals surface area contributed by atoms with E-state index in [0.29, 0.717) is 0 Å². The Bertz CT molecular complexity index is 2430. The summed E-state index contributed by atoms with van der Waals surface area (Å²) in [6.45, 7) is 4.56. The van der Waals surface area contributed by atoms with Crippen molar-refractivity contribution < 1.29 is 0 Å². The molecule has 0 atom stereocenters. The quantitative estimate of drug-likeness (QED) is 0.170. The van der Waals surface area contributed by atoms with Gasteiger partial charge in [0.1, 0.15) is 0 Å². The highest BCUT2D eigenvalue weighted by Crippen LogP contribution is 2.44. The minimum Gasteiger partial charge on any atom is -0.355 e. The van der Waals surface area contributed by atoms with E-state index < -0.39 is 0 Å². The largest absolute Gasteiger partial charge is 0.355 e. The predicted molar refractivity (Wildman–Crippen MR) is 210 cm³/mol. The van der Waals surface area contributed by atoms with Gasteiger partial charge < -0.3 is 4.98 Å². The number of aromatic amines is 1. The van der Waals surface area contributed by atoms with Gasteiger partial charge in [0.2, 0.25) is 0 Å². The normalized spacial score (nSPS) is 12.1. The highest BCUT2D eigenvalue weighted by molar-refractivity contribution is 7.27. The number of thiophene rings is 2. The molecular weight excluding hydrogens is 607 g/mol. The summed E-state index contributed by atoms with van der Waals surface area (Å²) >= 11 is 3.94. The molecule has 0 saturated heterocycles. The third-order valence-electron chi connectivity index (χ3n) is 10.0. The molecule has 230 valence electrons. The molecule has 0 aliphatic carbocycles. The van der Waals surface area contributed by atoms with Crippen LogP contribution in [0.3, 0.4) is 0 Å². The van der Waals surface area contributed by atoms with E-state index >= 15 is 0 Å². The molecule has 6 aromatic carbocycles. The van der Waals surface area contributed by atoms with Crippen LogP contribution < -0.4 is 0 Å². The number of unbranched alkanes of at least 4 members (excludes halogenated alkanes) is 2. The Morgan fingerprint density at radius 1 is 0.447 bits per heavy atom. The van der Waals surface area contributed by atoms with Crippen LogP contribution in [0.25, 0.3) is 84.4 Å². The topological polar surface area (TPSA) is 15.8 Å². The second kappa shape index (κ2) is 11.7. The molecule has 0 amide bonds. The lowest BCUT2D eigenvalue weighted by atomic mass is 9.98. The summed E-state index contributed by atoms with van der Waals surface area (Å²) < 4.78 is 5.69. The van der Waals surface area contributed by atoms with Crippen LogP contribution in [0, 0.1) is 0 Å². The van der Waals surface area contributed by atoms with Crippen molar-refractivity contribution in [3.05, 3.63) is 120 Å². The van der Waals surface area contributed by atoms with Gasteiger partial charge in [-0.3, -0.25) is 0 Å². The van der Waals surface area contributed by atoms with Gasteiger partial charge in [0, 0.05) is 62.2 Å². The van der Waals surface area contributed by atoms with Gasteiger partial charge in [-0.25, -0.2) is 0 Å². The fourth-order valence-electron chi connectivity index (χ4n) is 7.57. The molecule has 0 radical (unpaired) electrons. The van der Waals surface area contributed by atoms with Crippen LogP contribution in [0.5, 0.6) is 0 Å². The zero-order chi connectivity index (χ0) is 31.5. The van der Waals surface area contributed by atoms with Crippen molar-refractivity contribution in [2.24, 2.45) is 0 Å². The second-order valence-electron chi connectivity index (χ2n) is 13.0. The first kappa shape index (κ1) is 28.8. The lowest BCUT2D eigenvalue weighted by Crippen LogP contribution is -1.83. The van der Waals surface area contributed by atoms with E-state index in [4.69, 9.17) is 0 Å². The first-order chi connectivity index (χ1) is 23.2. The summed E-state index contributed by atoms with van der Waals surface area (Å²) in [5.41, 5.74) is 10.6. The molecule has 0 spiro atoms. The molecule has 0 aliphatic rings. The summed E-state index contributed by atoms with van der Waals surface area (Å²) in [4.78, 5) is 3.71. The van der Waals surface area contributed by atoms with Crippen molar-refractivity contribution >= 4 is 84.8 Å². The van der Waals surface area contributed by atoms with Crippen LogP contribution in [0.4, 0.5) is 0 Å². The van der Waals surface area contributed by atoms with Gasteiger partial charge in [-0.15, -0.1) is 22.7 Å². The molecule has 3 heteroatoms. The highest BCUT2D eigenvalue weighted by atomic mass is 32.1. The predicted octanol–water partition coefficient (Wildman–Crippen LogP) is 14.1. The zero-order valence-electron chi connectivity index (χ0n) is 27.0. The SMILES string of the molecule is CCCCc1cccc2c1sc1c(-c3ccc4[nH]c5ccc(-c6cccc7c6sc6c(CCCC)cccc67)cc5c4c3)cccc12. The van der Waals surface area contributed by atoms with Crippen LogP contribution >= 0.6 is 22.7 Å². The molecule has 1 nitrogen and oxygen atoms in total. The van der Waals surface area contributed by atoms with Crippen molar-refractivity contribution in [2.75, 3.05) is 0 Å². The van der Waals surface area contributed by atoms with Gasteiger partial charge in [0.25, 0.3) is 0 Å². The lowest BCUT2D eigenvalue weighted by molar-refractivity contribution is 0.799. The summed E-state index contributed by atoms with van der Waals surface area (Å²) in [5.74, 6) is 0. The van der Waals surface area contributed by atoms with Crippen LogP contribution in [-0.4, -0.2) is 4.98 Å². The number of aromatic nitrogens is 1. The molecule has 3 heterocycles.